The van der Waals surface area contributed by atoms with Crippen molar-refractivity contribution in [2.45, 2.75) is 27.7 Å². The fourth-order valence-corrected chi connectivity index (χ4v) is 4.78. The number of aryl methyl sites for hydroxylation is 2. The van der Waals surface area contributed by atoms with Crippen LogP contribution in [0.1, 0.15) is 29.4 Å². The number of benzene rings is 2. The monoisotopic (exact) mass is 489 g/mol. The number of nitrogens with one attached hydrogen (secondary N) is 1. The highest BCUT2D eigenvalue weighted by molar-refractivity contribution is 8.18. The second kappa shape index (κ2) is 10.2. The molecule has 180 valence electrons. The second-order valence-corrected chi connectivity index (χ2v) is 9.26. The molecule has 2 aromatic carbocycles. The number of rotatable bonds is 7. The summed E-state index contributed by atoms with van der Waals surface area (Å²) in [5.41, 5.74) is 5.61. The van der Waals surface area contributed by atoms with E-state index in [2.05, 4.69) is 34.1 Å². The predicted octanol–water partition coefficient (Wildman–Crippen LogP) is 5.48. The fraction of sp³-hybridized carbons (Fsp3) is 0.222. The van der Waals surface area contributed by atoms with Crippen molar-refractivity contribution < 1.29 is 19.1 Å². The van der Waals surface area contributed by atoms with Crippen molar-refractivity contribution in [3.63, 3.8) is 0 Å². The molecular formula is C27H27N3O4S. The highest BCUT2D eigenvalue weighted by Crippen LogP contribution is 2.33. The first-order chi connectivity index (χ1) is 16.8. The molecule has 2 heterocycles. The van der Waals surface area contributed by atoms with Crippen molar-refractivity contribution in [2.24, 2.45) is 0 Å². The number of nitrogens with zero attached hydrogens (tertiary/aromatic N) is 2. The van der Waals surface area contributed by atoms with Crippen LogP contribution in [0.25, 0.3) is 11.8 Å². The van der Waals surface area contributed by atoms with Crippen molar-refractivity contribution in [1.29, 1.82) is 0 Å². The lowest BCUT2D eigenvalue weighted by atomic mass is 10.2. The van der Waals surface area contributed by atoms with Crippen LogP contribution in [0.2, 0.25) is 0 Å². The Bertz CT molecular complexity index is 1310. The van der Waals surface area contributed by atoms with E-state index in [1.54, 1.807) is 30.3 Å². The summed E-state index contributed by atoms with van der Waals surface area (Å²) < 4.78 is 7.50. The maximum atomic E-state index is 12.9. The van der Waals surface area contributed by atoms with E-state index in [0.29, 0.717) is 22.9 Å². The first kappa shape index (κ1) is 24.3. The van der Waals surface area contributed by atoms with Gasteiger partial charge in [-0.2, -0.15) is 0 Å². The van der Waals surface area contributed by atoms with E-state index in [4.69, 9.17) is 4.74 Å². The number of aromatic nitrogens is 1. The fourth-order valence-electron chi connectivity index (χ4n) is 3.95. The van der Waals surface area contributed by atoms with Gasteiger partial charge in [0.25, 0.3) is 11.1 Å². The molecule has 3 aromatic rings. The molecule has 0 spiro atoms. The topological polar surface area (TPSA) is 80.6 Å². The van der Waals surface area contributed by atoms with Gasteiger partial charge in [-0.1, -0.05) is 17.7 Å². The van der Waals surface area contributed by atoms with Crippen LogP contribution in [0.3, 0.4) is 0 Å². The smallest absolute Gasteiger partial charge is 0.294 e. The molecule has 3 amide bonds. The molecule has 1 fully saturated rings. The highest BCUT2D eigenvalue weighted by atomic mass is 32.2. The number of carbonyl (C=O) groups is 3. The van der Waals surface area contributed by atoms with Crippen LogP contribution < -0.4 is 10.1 Å². The molecule has 0 radical (unpaired) electrons. The number of hydrogen-bond donors (Lipinski definition) is 1. The Kier molecular flexibility index (Phi) is 7.12. The molecule has 7 nitrogen and oxygen atoms in total. The number of ether oxygens (including phenoxy) is 1. The summed E-state index contributed by atoms with van der Waals surface area (Å²) in [5.74, 6) is -0.222. The van der Waals surface area contributed by atoms with Gasteiger partial charge in [0.15, 0.2) is 0 Å². The average Bonchev–Trinajstić information content (AvgIpc) is 3.25. The lowest BCUT2D eigenvalue weighted by Crippen LogP contribution is -2.36. The highest BCUT2D eigenvalue weighted by Gasteiger charge is 2.36. The van der Waals surface area contributed by atoms with Gasteiger partial charge in [0.2, 0.25) is 5.91 Å². The Morgan fingerprint density at radius 1 is 1.03 bits per heavy atom. The molecule has 1 aromatic heterocycles. The van der Waals surface area contributed by atoms with Crippen molar-refractivity contribution in [2.75, 3.05) is 18.5 Å². The van der Waals surface area contributed by atoms with Crippen LogP contribution in [0, 0.1) is 20.8 Å². The molecule has 1 saturated heterocycles. The molecule has 1 N–H and O–H groups in total. The molecular weight excluding hydrogens is 462 g/mol. The minimum absolute atomic E-state index is 0.299. The van der Waals surface area contributed by atoms with Crippen LogP contribution in [0.4, 0.5) is 10.5 Å². The van der Waals surface area contributed by atoms with Gasteiger partial charge in [-0.3, -0.25) is 19.3 Å². The zero-order valence-electron chi connectivity index (χ0n) is 20.1. The van der Waals surface area contributed by atoms with Crippen molar-refractivity contribution in [3.8, 4) is 11.4 Å². The van der Waals surface area contributed by atoms with E-state index in [-0.39, 0.29) is 6.54 Å². The lowest BCUT2D eigenvalue weighted by molar-refractivity contribution is -0.127. The van der Waals surface area contributed by atoms with Crippen molar-refractivity contribution in [1.82, 2.24) is 9.47 Å². The van der Waals surface area contributed by atoms with E-state index in [9.17, 15) is 14.4 Å². The first-order valence-corrected chi connectivity index (χ1v) is 12.1. The zero-order valence-corrected chi connectivity index (χ0v) is 20.9. The van der Waals surface area contributed by atoms with E-state index in [0.717, 1.165) is 39.3 Å². The average molecular weight is 490 g/mol. The van der Waals surface area contributed by atoms with Gasteiger partial charge in [-0.15, -0.1) is 0 Å². The predicted molar refractivity (Wildman–Crippen MR) is 139 cm³/mol. The van der Waals surface area contributed by atoms with Gasteiger partial charge in [0, 0.05) is 22.8 Å². The Morgan fingerprint density at radius 3 is 2.37 bits per heavy atom. The van der Waals surface area contributed by atoms with Crippen LogP contribution in [-0.2, 0) is 9.59 Å². The lowest BCUT2D eigenvalue weighted by Gasteiger charge is -2.12. The number of amides is 3. The van der Waals surface area contributed by atoms with Gasteiger partial charge in [0.05, 0.1) is 11.5 Å². The molecule has 4 rings (SSSR count). The summed E-state index contributed by atoms with van der Waals surface area (Å²) in [6.45, 7) is 8.11. The van der Waals surface area contributed by atoms with Gasteiger partial charge in [-0.05, 0) is 93.6 Å². The van der Waals surface area contributed by atoms with Gasteiger partial charge >= 0.3 is 0 Å². The molecule has 0 bridgehead atoms. The normalized spacial score (nSPS) is 14.6. The summed E-state index contributed by atoms with van der Waals surface area (Å²) >= 11 is 0.847. The zero-order chi connectivity index (χ0) is 25.1. The summed E-state index contributed by atoms with van der Waals surface area (Å²) in [7, 11) is 0. The molecule has 1 aliphatic rings. The number of thioether (sulfide) groups is 1. The van der Waals surface area contributed by atoms with E-state index >= 15 is 0 Å². The van der Waals surface area contributed by atoms with Gasteiger partial charge < -0.3 is 14.6 Å². The molecule has 35 heavy (non-hydrogen) atoms. The second-order valence-electron chi connectivity index (χ2n) is 8.27. The minimum Gasteiger partial charge on any atom is -0.494 e. The molecule has 0 saturated carbocycles. The number of anilines is 1. The molecule has 0 aliphatic carbocycles. The van der Waals surface area contributed by atoms with Crippen molar-refractivity contribution >= 4 is 40.6 Å². The molecule has 0 unspecified atom stereocenters. The quantitative estimate of drug-likeness (QED) is 0.445. The third-order valence-electron chi connectivity index (χ3n) is 5.67. The Morgan fingerprint density at radius 2 is 1.71 bits per heavy atom. The van der Waals surface area contributed by atoms with Crippen LogP contribution in [0.5, 0.6) is 5.75 Å². The largest absolute Gasteiger partial charge is 0.494 e. The number of carbonyl (C=O) groups excluding carboxylic acids is 3. The summed E-state index contributed by atoms with van der Waals surface area (Å²) in [6.07, 6.45) is 1.72. The molecule has 0 atom stereocenters. The number of imide groups is 1. The number of hydrogen-bond acceptors (Lipinski definition) is 5. The summed E-state index contributed by atoms with van der Waals surface area (Å²) in [5, 5.41) is 2.25. The summed E-state index contributed by atoms with van der Waals surface area (Å²) in [4.78, 5) is 39.2. The SMILES string of the molecule is CCOc1ccc(NC(=O)CN2C(=O)S/C(=C\c3cc(C)n(-c4ccc(C)cc4)c3C)C2=O)cc1. The Balaban J connectivity index is 1.47. The third kappa shape index (κ3) is 5.33. The first-order valence-electron chi connectivity index (χ1n) is 11.3. The van der Waals surface area contributed by atoms with Crippen molar-refractivity contribution in [3.05, 3.63) is 82.0 Å². The van der Waals surface area contributed by atoms with Crippen LogP contribution in [-0.4, -0.2) is 39.7 Å². The van der Waals surface area contributed by atoms with Gasteiger partial charge in [0.1, 0.15) is 12.3 Å². The van der Waals surface area contributed by atoms with Crippen LogP contribution in [0.15, 0.2) is 59.5 Å². The van der Waals surface area contributed by atoms with E-state index < -0.39 is 17.1 Å². The molecule has 8 heteroatoms. The third-order valence-corrected chi connectivity index (χ3v) is 6.58. The minimum atomic E-state index is -0.470. The molecule has 1 aliphatic heterocycles. The van der Waals surface area contributed by atoms with Gasteiger partial charge in [-0.25, -0.2) is 0 Å². The van der Waals surface area contributed by atoms with E-state index in [1.165, 1.54) is 5.56 Å². The Hall–Kier alpha value is -3.78. The van der Waals surface area contributed by atoms with E-state index in [1.807, 2.05) is 33.8 Å². The summed E-state index contributed by atoms with van der Waals surface area (Å²) in [6, 6.07) is 17.1. The Labute approximate surface area is 208 Å². The standard InChI is InChI=1S/C27H27N3O4S/c1-5-34-23-12-8-21(9-13-23)28-25(31)16-29-26(32)24(35-27(29)33)15-20-14-18(3)30(19(20)4)22-10-6-17(2)7-11-22/h6-15H,5,16H2,1-4H3,(H,28,31)/b24-15-. The maximum Gasteiger partial charge on any atom is 0.294 e. The maximum absolute atomic E-state index is 12.9. The van der Waals surface area contributed by atoms with Crippen LogP contribution >= 0.6 is 11.8 Å².